The van der Waals surface area contributed by atoms with Gasteiger partial charge in [0.1, 0.15) is 0 Å². The average molecular weight is 299 g/mol. The van der Waals surface area contributed by atoms with E-state index in [2.05, 4.69) is 4.72 Å². The van der Waals surface area contributed by atoms with E-state index in [1.54, 1.807) is 7.11 Å². The van der Waals surface area contributed by atoms with Gasteiger partial charge in [-0.1, -0.05) is 13.0 Å². The third-order valence-electron chi connectivity index (χ3n) is 3.75. The topological polar surface area (TPSA) is 55.4 Å². The van der Waals surface area contributed by atoms with Gasteiger partial charge >= 0.3 is 0 Å². The van der Waals surface area contributed by atoms with Crippen LogP contribution in [0.3, 0.4) is 0 Å². The highest BCUT2D eigenvalue weighted by Crippen LogP contribution is 2.26. The van der Waals surface area contributed by atoms with Crippen molar-refractivity contribution in [3.8, 4) is 0 Å². The first-order chi connectivity index (χ1) is 9.24. The summed E-state index contributed by atoms with van der Waals surface area (Å²) in [6.07, 6.45) is 0.690. The van der Waals surface area contributed by atoms with Gasteiger partial charge in [0.15, 0.2) is 0 Å². The van der Waals surface area contributed by atoms with Crippen molar-refractivity contribution >= 4 is 10.0 Å². The van der Waals surface area contributed by atoms with Gasteiger partial charge in [-0.15, -0.1) is 0 Å². The second-order valence-electron chi connectivity index (χ2n) is 5.27. The van der Waals surface area contributed by atoms with Crippen molar-refractivity contribution in [1.29, 1.82) is 0 Å². The smallest absolute Gasteiger partial charge is 0.241 e. The lowest BCUT2D eigenvalue weighted by Crippen LogP contribution is -2.38. The van der Waals surface area contributed by atoms with Crippen LogP contribution in [-0.2, 0) is 14.8 Å². The van der Waals surface area contributed by atoms with Gasteiger partial charge in [0, 0.05) is 13.2 Å². The van der Waals surface area contributed by atoms with E-state index in [0.717, 1.165) is 22.3 Å². The fourth-order valence-electron chi connectivity index (χ4n) is 2.30. The van der Waals surface area contributed by atoms with E-state index in [9.17, 15) is 8.42 Å². The lowest BCUT2D eigenvalue weighted by atomic mass is 10.0. The first-order valence-electron chi connectivity index (χ1n) is 6.83. The van der Waals surface area contributed by atoms with Gasteiger partial charge in [-0.25, -0.2) is 13.1 Å². The van der Waals surface area contributed by atoms with E-state index in [0.29, 0.717) is 17.9 Å². The fraction of sp³-hybridized carbons (Fsp3) is 0.600. The zero-order chi connectivity index (χ0) is 15.5. The average Bonchev–Trinajstić information content (AvgIpc) is 2.35. The predicted molar refractivity (Wildman–Crippen MR) is 81.7 cm³/mol. The zero-order valence-electron chi connectivity index (χ0n) is 13.2. The minimum absolute atomic E-state index is 0.204. The summed E-state index contributed by atoms with van der Waals surface area (Å²) in [5.41, 5.74) is 3.61. The Morgan fingerprint density at radius 2 is 1.65 bits per heavy atom. The number of sulfonamides is 1. The highest BCUT2D eigenvalue weighted by Gasteiger charge is 2.24. The van der Waals surface area contributed by atoms with Crippen LogP contribution in [0, 0.1) is 27.7 Å². The molecule has 0 saturated carbocycles. The Labute approximate surface area is 122 Å². The van der Waals surface area contributed by atoms with E-state index in [-0.39, 0.29) is 6.04 Å². The van der Waals surface area contributed by atoms with Crippen molar-refractivity contribution in [2.24, 2.45) is 0 Å². The Morgan fingerprint density at radius 1 is 1.15 bits per heavy atom. The number of benzene rings is 1. The second kappa shape index (κ2) is 6.70. The van der Waals surface area contributed by atoms with Crippen molar-refractivity contribution in [2.45, 2.75) is 52.0 Å². The number of methoxy groups -OCH3 is 1. The molecule has 0 bridgehead atoms. The third-order valence-corrected chi connectivity index (χ3v) is 5.54. The molecule has 0 aromatic heterocycles. The van der Waals surface area contributed by atoms with Crippen LogP contribution in [-0.4, -0.2) is 28.2 Å². The lowest BCUT2D eigenvalue weighted by molar-refractivity contribution is 0.173. The van der Waals surface area contributed by atoms with Gasteiger partial charge in [-0.3, -0.25) is 0 Å². The van der Waals surface area contributed by atoms with Crippen molar-refractivity contribution in [3.63, 3.8) is 0 Å². The molecule has 0 heterocycles. The molecule has 0 saturated heterocycles. The highest BCUT2D eigenvalue weighted by molar-refractivity contribution is 7.89. The maximum atomic E-state index is 12.7. The summed E-state index contributed by atoms with van der Waals surface area (Å²) >= 11 is 0. The molecule has 1 atom stereocenters. The molecule has 1 aromatic rings. The summed E-state index contributed by atoms with van der Waals surface area (Å²) in [7, 11) is -1.96. The maximum absolute atomic E-state index is 12.7. The predicted octanol–water partition coefficient (Wildman–Crippen LogP) is 2.62. The molecule has 1 aromatic carbocycles. The van der Waals surface area contributed by atoms with Crippen molar-refractivity contribution in [2.75, 3.05) is 13.7 Å². The summed E-state index contributed by atoms with van der Waals surface area (Å²) in [6, 6.07) is 1.82. The van der Waals surface area contributed by atoms with Gasteiger partial charge in [0.2, 0.25) is 10.0 Å². The van der Waals surface area contributed by atoms with Gasteiger partial charge < -0.3 is 4.74 Å². The van der Waals surface area contributed by atoms with Crippen LogP contribution in [0.25, 0.3) is 0 Å². The SMILES string of the molecule is CCC(COC)NS(=O)(=O)c1c(C)c(C)cc(C)c1C. The molecular weight excluding hydrogens is 274 g/mol. The van der Waals surface area contributed by atoms with E-state index in [1.807, 2.05) is 40.7 Å². The maximum Gasteiger partial charge on any atom is 0.241 e. The lowest BCUT2D eigenvalue weighted by Gasteiger charge is -2.20. The fourth-order valence-corrected chi connectivity index (χ4v) is 4.22. The molecule has 5 heteroatoms. The van der Waals surface area contributed by atoms with Gasteiger partial charge in [-0.2, -0.15) is 0 Å². The van der Waals surface area contributed by atoms with Crippen LogP contribution < -0.4 is 4.72 Å². The minimum Gasteiger partial charge on any atom is -0.383 e. The Balaban J connectivity index is 3.29. The molecule has 20 heavy (non-hydrogen) atoms. The molecule has 0 spiro atoms. The molecule has 0 fully saturated rings. The van der Waals surface area contributed by atoms with Crippen LogP contribution in [0.15, 0.2) is 11.0 Å². The molecule has 0 amide bonds. The molecule has 0 aliphatic carbocycles. The van der Waals surface area contributed by atoms with E-state index >= 15 is 0 Å². The number of nitrogens with one attached hydrogen (secondary N) is 1. The number of rotatable bonds is 6. The monoisotopic (exact) mass is 299 g/mol. The van der Waals surface area contributed by atoms with Crippen LogP contribution in [0.1, 0.15) is 35.6 Å². The largest absolute Gasteiger partial charge is 0.383 e. The van der Waals surface area contributed by atoms with E-state index in [4.69, 9.17) is 4.74 Å². The first-order valence-corrected chi connectivity index (χ1v) is 8.31. The van der Waals surface area contributed by atoms with Crippen LogP contribution in [0.4, 0.5) is 0 Å². The van der Waals surface area contributed by atoms with Crippen LogP contribution in [0.2, 0.25) is 0 Å². The zero-order valence-corrected chi connectivity index (χ0v) is 14.0. The quantitative estimate of drug-likeness (QED) is 0.878. The number of ether oxygens (including phenoxy) is 1. The molecule has 1 unspecified atom stereocenters. The van der Waals surface area contributed by atoms with Crippen molar-refractivity contribution < 1.29 is 13.2 Å². The van der Waals surface area contributed by atoms with Crippen molar-refractivity contribution in [3.05, 3.63) is 28.3 Å². The Morgan fingerprint density at radius 3 is 2.05 bits per heavy atom. The molecule has 4 nitrogen and oxygen atoms in total. The summed E-state index contributed by atoms with van der Waals surface area (Å²) < 4.78 is 33.1. The van der Waals surface area contributed by atoms with Crippen LogP contribution in [0.5, 0.6) is 0 Å². The standard InChI is InChI=1S/C15H25NO3S/c1-7-14(9-19-6)16-20(17,18)15-12(4)10(2)8-11(3)13(15)5/h8,14,16H,7,9H2,1-6H3. The Hall–Kier alpha value is -0.910. The number of aryl methyl sites for hydroxylation is 2. The molecule has 0 radical (unpaired) electrons. The molecular formula is C15H25NO3S. The highest BCUT2D eigenvalue weighted by atomic mass is 32.2. The van der Waals surface area contributed by atoms with E-state index < -0.39 is 10.0 Å². The van der Waals surface area contributed by atoms with Gasteiger partial charge in [0.05, 0.1) is 11.5 Å². The summed E-state index contributed by atoms with van der Waals surface area (Å²) in [6.45, 7) is 9.90. The molecule has 0 aliphatic rings. The number of hydrogen-bond acceptors (Lipinski definition) is 3. The third kappa shape index (κ3) is 3.59. The van der Waals surface area contributed by atoms with Crippen LogP contribution >= 0.6 is 0 Å². The second-order valence-corrected chi connectivity index (χ2v) is 6.92. The molecule has 114 valence electrons. The molecule has 0 aliphatic heterocycles. The summed E-state index contributed by atoms with van der Waals surface area (Å²) in [5, 5.41) is 0. The molecule has 1 N–H and O–H groups in total. The number of hydrogen-bond donors (Lipinski definition) is 1. The Kier molecular flexibility index (Phi) is 5.74. The minimum atomic E-state index is -3.53. The van der Waals surface area contributed by atoms with Crippen molar-refractivity contribution in [1.82, 2.24) is 4.72 Å². The van der Waals surface area contributed by atoms with Gasteiger partial charge in [-0.05, 0) is 56.4 Å². The molecule has 1 rings (SSSR count). The van der Waals surface area contributed by atoms with Gasteiger partial charge in [0.25, 0.3) is 0 Å². The summed E-state index contributed by atoms with van der Waals surface area (Å²) in [4.78, 5) is 0.407. The Bertz CT molecular complexity index is 553. The normalized spacial score (nSPS) is 13.5. The van der Waals surface area contributed by atoms with E-state index in [1.165, 1.54) is 0 Å². The first kappa shape index (κ1) is 17.1. The summed E-state index contributed by atoms with van der Waals surface area (Å²) in [5.74, 6) is 0.